The summed E-state index contributed by atoms with van der Waals surface area (Å²) in [7, 11) is 0. The Hall–Kier alpha value is -2.25. The predicted octanol–water partition coefficient (Wildman–Crippen LogP) is 3.01. The lowest BCUT2D eigenvalue weighted by Gasteiger charge is -2.18. The Balaban J connectivity index is 1.75. The highest BCUT2D eigenvalue weighted by molar-refractivity contribution is 6.32. The van der Waals surface area contributed by atoms with E-state index in [-0.39, 0.29) is 11.5 Å². The Morgan fingerprint density at radius 2 is 2.04 bits per heavy atom. The van der Waals surface area contributed by atoms with Crippen molar-refractivity contribution in [1.82, 2.24) is 19.5 Å². The second-order valence-electron chi connectivity index (χ2n) is 7.32. The van der Waals surface area contributed by atoms with Crippen LogP contribution in [0.15, 0.2) is 21.7 Å². The normalized spacial score (nSPS) is 15.1. The number of rotatable bonds is 6. The molecular weight excluding hydrogens is 380 g/mol. The number of aryl methyl sites for hydroxylation is 1. The molecule has 28 heavy (non-hydrogen) atoms. The number of hydrogen-bond donors (Lipinski definition) is 1. The van der Waals surface area contributed by atoms with Crippen molar-refractivity contribution in [2.75, 3.05) is 13.2 Å². The molecule has 1 aromatic carbocycles. The number of halogens is 1. The van der Waals surface area contributed by atoms with Gasteiger partial charge in [-0.05, 0) is 42.9 Å². The van der Waals surface area contributed by atoms with Crippen LogP contribution in [0.4, 0.5) is 0 Å². The van der Waals surface area contributed by atoms with E-state index < -0.39 is 11.2 Å². The largest absolute Gasteiger partial charge is 0.379 e. The summed E-state index contributed by atoms with van der Waals surface area (Å²) in [5.41, 5.74) is 1.26. The third-order valence-corrected chi connectivity index (χ3v) is 5.80. The molecule has 4 rings (SSSR count). The Labute approximate surface area is 167 Å². The van der Waals surface area contributed by atoms with E-state index in [1.807, 2.05) is 17.6 Å². The molecule has 1 N–H and O–H groups in total. The van der Waals surface area contributed by atoms with Crippen molar-refractivity contribution < 1.29 is 4.74 Å². The molecule has 0 unspecified atom stereocenters. The van der Waals surface area contributed by atoms with Gasteiger partial charge in [0.25, 0.3) is 5.56 Å². The minimum atomic E-state index is -0.677. The fourth-order valence-electron chi connectivity index (χ4n) is 3.94. The van der Waals surface area contributed by atoms with E-state index >= 15 is 0 Å². The number of aromatic amines is 1. The average molecular weight is 403 g/mol. The smallest absolute Gasteiger partial charge is 0.349 e. The molecule has 0 spiro atoms. The quantitative estimate of drug-likeness (QED) is 0.505. The minimum absolute atomic E-state index is 0.128. The van der Waals surface area contributed by atoms with Crippen molar-refractivity contribution >= 4 is 22.6 Å². The molecule has 0 aromatic heterocycles. The van der Waals surface area contributed by atoms with E-state index in [1.165, 1.54) is 25.7 Å². The van der Waals surface area contributed by atoms with Crippen LogP contribution in [0.25, 0.3) is 22.6 Å². The lowest BCUT2D eigenvalue weighted by Crippen LogP contribution is -2.29. The SMILES string of the molecule is CCc1cc2c(cc1Cl)nc1c(=O)[nH]c(=O)nc-1n2CCOCC1CCCC1. The number of hydrogen-bond acceptors (Lipinski definition) is 5. The summed E-state index contributed by atoms with van der Waals surface area (Å²) in [6.07, 6.45) is 5.77. The highest BCUT2D eigenvalue weighted by Gasteiger charge is 2.20. The molecule has 8 heteroatoms. The zero-order chi connectivity index (χ0) is 19.7. The number of nitrogens with one attached hydrogen (secondary N) is 1. The summed E-state index contributed by atoms with van der Waals surface area (Å²) in [4.78, 5) is 34.7. The van der Waals surface area contributed by atoms with Gasteiger partial charge in [-0.3, -0.25) is 9.78 Å². The van der Waals surface area contributed by atoms with Crippen molar-refractivity contribution in [2.45, 2.75) is 45.6 Å². The summed E-state index contributed by atoms with van der Waals surface area (Å²) >= 11 is 6.35. The summed E-state index contributed by atoms with van der Waals surface area (Å²) in [5, 5.41) is 0.607. The molecule has 0 amide bonds. The molecule has 2 heterocycles. The van der Waals surface area contributed by atoms with Gasteiger partial charge in [-0.2, -0.15) is 4.98 Å². The van der Waals surface area contributed by atoms with Gasteiger partial charge in [-0.1, -0.05) is 31.4 Å². The van der Waals surface area contributed by atoms with Crippen LogP contribution < -0.4 is 11.2 Å². The summed E-state index contributed by atoms with van der Waals surface area (Å²) in [6, 6.07) is 3.71. The molecule has 0 atom stereocenters. The van der Waals surface area contributed by atoms with E-state index in [2.05, 4.69) is 15.0 Å². The lowest BCUT2D eigenvalue weighted by molar-refractivity contribution is 0.0955. The van der Waals surface area contributed by atoms with Gasteiger partial charge in [0.15, 0.2) is 11.5 Å². The summed E-state index contributed by atoms with van der Waals surface area (Å²) in [5.74, 6) is 0.908. The second-order valence-corrected chi connectivity index (χ2v) is 7.73. The van der Waals surface area contributed by atoms with Gasteiger partial charge >= 0.3 is 5.69 Å². The first-order valence-corrected chi connectivity index (χ1v) is 10.2. The molecule has 1 saturated carbocycles. The van der Waals surface area contributed by atoms with Gasteiger partial charge in [0.2, 0.25) is 0 Å². The molecule has 148 valence electrons. The molecular formula is C20H23ClN4O3. The summed E-state index contributed by atoms with van der Waals surface area (Å²) in [6.45, 7) is 3.72. The van der Waals surface area contributed by atoms with E-state index in [0.29, 0.717) is 29.6 Å². The van der Waals surface area contributed by atoms with Crippen LogP contribution in [0.2, 0.25) is 5.02 Å². The number of nitrogens with zero attached hydrogens (tertiary/aromatic N) is 3. The van der Waals surface area contributed by atoms with Crippen LogP contribution in [-0.2, 0) is 17.7 Å². The fraction of sp³-hybridized carbons (Fsp3) is 0.500. The van der Waals surface area contributed by atoms with Crippen molar-refractivity contribution in [2.24, 2.45) is 5.92 Å². The van der Waals surface area contributed by atoms with E-state index in [9.17, 15) is 9.59 Å². The van der Waals surface area contributed by atoms with Crippen molar-refractivity contribution in [3.05, 3.63) is 43.6 Å². The molecule has 1 fully saturated rings. The van der Waals surface area contributed by atoms with Crippen LogP contribution in [0.3, 0.4) is 0 Å². The standard InChI is InChI=1S/C20H23ClN4O3/c1-2-13-9-16-15(10-14(13)21)22-17-18(23-20(27)24-19(17)26)25(16)7-8-28-11-12-5-3-4-6-12/h9-10,12H,2-8,11H2,1H3,(H,24,26,27). The number of ether oxygens (including phenoxy) is 1. The Bertz CT molecular complexity index is 1090. The second kappa shape index (κ2) is 8.01. The summed E-state index contributed by atoms with van der Waals surface area (Å²) < 4.78 is 7.75. The highest BCUT2D eigenvalue weighted by Crippen LogP contribution is 2.27. The van der Waals surface area contributed by atoms with E-state index in [0.717, 1.165) is 24.1 Å². The molecule has 0 saturated heterocycles. The maximum absolute atomic E-state index is 12.3. The van der Waals surface area contributed by atoms with Crippen LogP contribution >= 0.6 is 11.6 Å². The van der Waals surface area contributed by atoms with Gasteiger partial charge in [0.05, 0.1) is 17.6 Å². The topological polar surface area (TPSA) is 89.9 Å². The molecule has 0 bridgehead atoms. The number of aromatic nitrogens is 4. The average Bonchev–Trinajstić information content (AvgIpc) is 3.18. The van der Waals surface area contributed by atoms with Gasteiger partial charge in [0.1, 0.15) is 0 Å². The van der Waals surface area contributed by atoms with Crippen molar-refractivity contribution in [3.8, 4) is 11.5 Å². The van der Waals surface area contributed by atoms with Crippen LogP contribution in [-0.4, -0.2) is 32.7 Å². The van der Waals surface area contributed by atoms with Crippen LogP contribution in [0.5, 0.6) is 0 Å². The van der Waals surface area contributed by atoms with Crippen LogP contribution in [0.1, 0.15) is 38.2 Å². The fourth-order valence-corrected chi connectivity index (χ4v) is 4.23. The minimum Gasteiger partial charge on any atom is -0.379 e. The first kappa shape index (κ1) is 19.1. The lowest BCUT2D eigenvalue weighted by atomic mass is 10.1. The Morgan fingerprint density at radius 1 is 1.25 bits per heavy atom. The number of benzene rings is 1. The zero-order valence-electron chi connectivity index (χ0n) is 15.8. The molecule has 3 aliphatic rings. The Morgan fingerprint density at radius 3 is 2.79 bits per heavy atom. The molecule has 1 aliphatic carbocycles. The molecule has 7 nitrogen and oxygen atoms in total. The van der Waals surface area contributed by atoms with Gasteiger partial charge in [-0.25, -0.2) is 9.78 Å². The molecule has 0 radical (unpaired) electrons. The first-order chi connectivity index (χ1) is 13.6. The van der Waals surface area contributed by atoms with Gasteiger partial charge in [0, 0.05) is 18.2 Å². The monoisotopic (exact) mass is 402 g/mol. The van der Waals surface area contributed by atoms with Crippen molar-refractivity contribution in [3.63, 3.8) is 0 Å². The maximum Gasteiger partial charge on any atom is 0.349 e. The highest BCUT2D eigenvalue weighted by atomic mass is 35.5. The molecule has 1 aromatic rings. The van der Waals surface area contributed by atoms with Gasteiger partial charge < -0.3 is 9.30 Å². The number of fused-ring (bicyclic) bond motifs is 2. The first-order valence-electron chi connectivity index (χ1n) is 9.77. The van der Waals surface area contributed by atoms with E-state index in [1.54, 1.807) is 6.07 Å². The van der Waals surface area contributed by atoms with Crippen LogP contribution in [0, 0.1) is 5.92 Å². The maximum atomic E-state index is 12.3. The zero-order valence-corrected chi connectivity index (χ0v) is 16.6. The third-order valence-electron chi connectivity index (χ3n) is 5.45. The predicted molar refractivity (Wildman–Crippen MR) is 108 cm³/mol. The number of H-pyrrole nitrogens is 1. The molecule has 2 aliphatic heterocycles. The third kappa shape index (κ3) is 3.69. The van der Waals surface area contributed by atoms with E-state index in [4.69, 9.17) is 16.3 Å². The van der Waals surface area contributed by atoms with Crippen molar-refractivity contribution in [1.29, 1.82) is 0 Å². The Kier molecular flexibility index (Phi) is 5.46. The van der Waals surface area contributed by atoms with Gasteiger partial charge in [-0.15, -0.1) is 0 Å².